The van der Waals surface area contributed by atoms with Crippen molar-refractivity contribution in [1.29, 1.82) is 0 Å². The molecule has 2 aromatic rings. The maximum Gasteiger partial charge on any atom is 0.310 e. The molecule has 5 nitrogen and oxygen atoms in total. The number of carboxylic acids is 1. The van der Waals surface area contributed by atoms with E-state index >= 15 is 0 Å². The summed E-state index contributed by atoms with van der Waals surface area (Å²) in [5, 5.41) is 9.17. The summed E-state index contributed by atoms with van der Waals surface area (Å²) in [7, 11) is 1.61. The van der Waals surface area contributed by atoms with E-state index in [4.69, 9.17) is 9.84 Å². The van der Waals surface area contributed by atoms with Gasteiger partial charge in [0.15, 0.2) is 5.82 Å². The quantitative estimate of drug-likeness (QED) is 0.935. The van der Waals surface area contributed by atoms with Crippen LogP contribution in [-0.4, -0.2) is 28.2 Å². The van der Waals surface area contributed by atoms with Gasteiger partial charge in [-0.2, -0.15) is 0 Å². The summed E-state index contributed by atoms with van der Waals surface area (Å²) in [6.45, 7) is 5.27. The number of carbonyl (C=O) groups is 1. The van der Waals surface area contributed by atoms with E-state index in [1.807, 2.05) is 38.1 Å². The average Bonchev–Trinajstić information content (AvgIpc) is 2.46. The van der Waals surface area contributed by atoms with Crippen molar-refractivity contribution in [2.75, 3.05) is 7.11 Å². The Bertz CT molecular complexity index is 660. The third-order valence-electron chi connectivity index (χ3n) is 3.46. The molecule has 0 amide bonds. The highest BCUT2D eigenvalue weighted by Crippen LogP contribution is 2.26. The van der Waals surface area contributed by atoms with Crippen LogP contribution in [-0.2, 0) is 4.79 Å². The number of methoxy groups -OCH3 is 1. The number of aryl methyl sites for hydroxylation is 2. The average molecular weight is 286 g/mol. The number of rotatable bonds is 4. The molecule has 0 radical (unpaired) electrons. The monoisotopic (exact) mass is 286 g/mol. The van der Waals surface area contributed by atoms with Crippen LogP contribution in [0.2, 0.25) is 0 Å². The molecular weight excluding hydrogens is 268 g/mol. The van der Waals surface area contributed by atoms with E-state index in [0.717, 1.165) is 11.3 Å². The molecule has 0 bridgehead atoms. The first-order valence-electron chi connectivity index (χ1n) is 6.66. The number of aromatic nitrogens is 2. The molecule has 1 aromatic heterocycles. The second kappa shape index (κ2) is 5.91. The van der Waals surface area contributed by atoms with E-state index in [-0.39, 0.29) is 0 Å². The summed E-state index contributed by atoms with van der Waals surface area (Å²) in [5.41, 5.74) is 2.90. The van der Waals surface area contributed by atoms with Crippen LogP contribution < -0.4 is 4.74 Å². The number of carboxylic acid groups (broad SMARTS) is 1. The molecular formula is C16H18N2O3. The zero-order chi connectivity index (χ0) is 15.6. The predicted octanol–water partition coefficient (Wildman–Crippen LogP) is 2.96. The van der Waals surface area contributed by atoms with Crippen molar-refractivity contribution in [3.63, 3.8) is 0 Å². The number of ether oxygens (including phenoxy) is 1. The molecule has 110 valence electrons. The van der Waals surface area contributed by atoms with E-state index in [9.17, 15) is 4.79 Å². The first kappa shape index (κ1) is 15.0. The lowest BCUT2D eigenvalue weighted by atomic mass is 9.98. The molecule has 1 aromatic carbocycles. The highest BCUT2D eigenvalue weighted by molar-refractivity contribution is 5.76. The van der Waals surface area contributed by atoms with Crippen LogP contribution in [0.15, 0.2) is 24.3 Å². The standard InChI is InChI=1S/C16H18N2O3/c1-9(16(19)20)14-10(2)17-15(18-11(14)3)12-6-5-7-13(8-12)21-4/h5-9H,1-4H3,(H,19,20). The van der Waals surface area contributed by atoms with Crippen molar-refractivity contribution in [2.24, 2.45) is 0 Å². The minimum Gasteiger partial charge on any atom is -0.497 e. The van der Waals surface area contributed by atoms with Crippen LogP contribution in [0, 0.1) is 13.8 Å². The number of hydrogen-bond acceptors (Lipinski definition) is 4. The van der Waals surface area contributed by atoms with Crippen LogP contribution in [0.1, 0.15) is 29.8 Å². The lowest BCUT2D eigenvalue weighted by Crippen LogP contribution is -2.13. The zero-order valence-corrected chi connectivity index (χ0v) is 12.5. The first-order chi connectivity index (χ1) is 9.93. The number of aliphatic carboxylic acids is 1. The Kier molecular flexibility index (Phi) is 4.21. The number of benzene rings is 1. The molecule has 1 atom stereocenters. The molecule has 1 N–H and O–H groups in total. The fourth-order valence-electron chi connectivity index (χ4n) is 2.37. The van der Waals surface area contributed by atoms with Gasteiger partial charge in [-0.25, -0.2) is 9.97 Å². The Morgan fingerprint density at radius 2 is 1.86 bits per heavy atom. The molecule has 1 unspecified atom stereocenters. The second-order valence-electron chi connectivity index (χ2n) is 4.92. The molecule has 0 spiro atoms. The summed E-state index contributed by atoms with van der Waals surface area (Å²) in [6, 6.07) is 7.48. The summed E-state index contributed by atoms with van der Waals surface area (Å²) >= 11 is 0. The van der Waals surface area contributed by atoms with Gasteiger partial charge in [-0.15, -0.1) is 0 Å². The Hall–Kier alpha value is -2.43. The van der Waals surface area contributed by atoms with Crippen LogP contribution in [0.4, 0.5) is 0 Å². The summed E-state index contributed by atoms with van der Waals surface area (Å²) in [6.07, 6.45) is 0. The Balaban J connectivity index is 2.51. The van der Waals surface area contributed by atoms with Crippen molar-refractivity contribution in [3.05, 3.63) is 41.2 Å². The van der Waals surface area contributed by atoms with E-state index in [1.165, 1.54) is 0 Å². The lowest BCUT2D eigenvalue weighted by molar-refractivity contribution is -0.138. The third-order valence-corrected chi connectivity index (χ3v) is 3.46. The van der Waals surface area contributed by atoms with Gasteiger partial charge in [-0.1, -0.05) is 12.1 Å². The highest BCUT2D eigenvalue weighted by atomic mass is 16.5. The van der Waals surface area contributed by atoms with Crippen LogP contribution in [0.3, 0.4) is 0 Å². The summed E-state index contributed by atoms with van der Waals surface area (Å²) in [5.74, 6) is -0.192. The van der Waals surface area contributed by atoms with Gasteiger partial charge in [-0.3, -0.25) is 4.79 Å². The van der Waals surface area contributed by atoms with Crippen molar-refractivity contribution in [2.45, 2.75) is 26.7 Å². The van der Waals surface area contributed by atoms with Crippen LogP contribution in [0.5, 0.6) is 5.75 Å². The second-order valence-corrected chi connectivity index (χ2v) is 4.92. The Morgan fingerprint density at radius 1 is 1.24 bits per heavy atom. The molecule has 0 aliphatic carbocycles. The van der Waals surface area contributed by atoms with E-state index in [2.05, 4.69) is 9.97 Å². The maximum absolute atomic E-state index is 11.2. The molecule has 0 aliphatic heterocycles. The van der Waals surface area contributed by atoms with Gasteiger partial charge in [-0.05, 0) is 32.9 Å². The van der Waals surface area contributed by atoms with E-state index in [0.29, 0.717) is 22.8 Å². The molecule has 21 heavy (non-hydrogen) atoms. The topological polar surface area (TPSA) is 72.3 Å². The van der Waals surface area contributed by atoms with Gasteiger partial charge in [0.05, 0.1) is 13.0 Å². The minimum absolute atomic E-state index is 0.574. The Morgan fingerprint density at radius 3 is 2.38 bits per heavy atom. The molecule has 2 rings (SSSR count). The van der Waals surface area contributed by atoms with Gasteiger partial charge in [0, 0.05) is 22.5 Å². The van der Waals surface area contributed by atoms with Gasteiger partial charge in [0.2, 0.25) is 0 Å². The highest BCUT2D eigenvalue weighted by Gasteiger charge is 2.21. The Labute approximate surface area is 123 Å². The fraction of sp³-hybridized carbons (Fsp3) is 0.312. The van der Waals surface area contributed by atoms with Crippen LogP contribution >= 0.6 is 0 Å². The van der Waals surface area contributed by atoms with Crippen molar-refractivity contribution >= 4 is 5.97 Å². The van der Waals surface area contributed by atoms with Crippen molar-refractivity contribution in [3.8, 4) is 17.1 Å². The van der Waals surface area contributed by atoms with Gasteiger partial charge >= 0.3 is 5.97 Å². The number of hydrogen-bond donors (Lipinski definition) is 1. The lowest BCUT2D eigenvalue weighted by Gasteiger charge is -2.14. The fourth-order valence-corrected chi connectivity index (χ4v) is 2.37. The summed E-state index contributed by atoms with van der Waals surface area (Å²) in [4.78, 5) is 20.1. The number of nitrogens with zero attached hydrogens (tertiary/aromatic N) is 2. The predicted molar refractivity (Wildman–Crippen MR) is 79.5 cm³/mol. The van der Waals surface area contributed by atoms with Gasteiger partial charge in [0.25, 0.3) is 0 Å². The van der Waals surface area contributed by atoms with Gasteiger partial charge in [0.1, 0.15) is 5.75 Å². The zero-order valence-electron chi connectivity index (χ0n) is 12.5. The minimum atomic E-state index is -0.876. The molecule has 0 saturated carbocycles. The molecule has 1 heterocycles. The van der Waals surface area contributed by atoms with Crippen molar-refractivity contribution < 1.29 is 14.6 Å². The first-order valence-corrected chi connectivity index (χ1v) is 6.66. The summed E-state index contributed by atoms with van der Waals surface area (Å²) < 4.78 is 5.20. The molecule has 0 saturated heterocycles. The SMILES string of the molecule is COc1cccc(-c2nc(C)c(C(C)C(=O)O)c(C)n2)c1. The smallest absolute Gasteiger partial charge is 0.310 e. The molecule has 0 aliphatic rings. The largest absolute Gasteiger partial charge is 0.497 e. The third kappa shape index (κ3) is 3.02. The molecule has 5 heteroatoms. The van der Waals surface area contributed by atoms with Crippen LogP contribution in [0.25, 0.3) is 11.4 Å². The van der Waals surface area contributed by atoms with E-state index in [1.54, 1.807) is 14.0 Å². The molecule has 0 fully saturated rings. The van der Waals surface area contributed by atoms with Gasteiger partial charge < -0.3 is 9.84 Å². The normalized spacial score (nSPS) is 12.0. The van der Waals surface area contributed by atoms with Crippen molar-refractivity contribution in [1.82, 2.24) is 9.97 Å². The maximum atomic E-state index is 11.2. The van der Waals surface area contributed by atoms with E-state index < -0.39 is 11.9 Å².